The zero-order valence-electron chi connectivity index (χ0n) is 14.1. The molecule has 0 unspecified atom stereocenters. The van der Waals surface area contributed by atoms with Gasteiger partial charge in [-0.05, 0) is 44.5 Å². The Labute approximate surface area is 142 Å². The van der Waals surface area contributed by atoms with E-state index in [-0.39, 0.29) is 5.69 Å². The summed E-state index contributed by atoms with van der Waals surface area (Å²) in [5.74, 6) is -0.445. The maximum Gasteiger partial charge on any atom is 0.361 e. The lowest BCUT2D eigenvalue weighted by molar-refractivity contribution is 0.0520. The first-order chi connectivity index (χ1) is 11.8. The van der Waals surface area contributed by atoms with E-state index in [0.29, 0.717) is 12.3 Å². The molecule has 2 aromatic rings. The van der Waals surface area contributed by atoms with Crippen LogP contribution in [0.4, 0.5) is 0 Å². The van der Waals surface area contributed by atoms with Gasteiger partial charge in [-0.3, -0.25) is 4.90 Å². The molecule has 0 atom stereocenters. The first-order valence-corrected chi connectivity index (χ1v) is 8.67. The van der Waals surface area contributed by atoms with E-state index in [1.54, 1.807) is 6.92 Å². The SMILES string of the molecule is CCOC(=O)c1n[nH]nc1-c1cccc(CN2CCCCCC2)c1. The Bertz CT molecular complexity index is 675. The number of benzene rings is 1. The largest absolute Gasteiger partial charge is 0.461 e. The standard InChI is InChI=1S/C18H24N4O2/c1-2-24-18(23)17-16(19-21-20-17)15-9-7-8-14(12-15)13-22-10-5-3-4-6-11-22/h7-9,12H,2-6,10-11,13H2,1H3,(H,19,20,21). The molecule has 24 heavy (non-hydrogen) atoms. The minimum Gasteiger partial charge on any atom is -0.461 e. The molecule has 0 aliphatic carbocycles. The number of carbonyl (C=O) groups is 1. The number of H-pyrrole nitrogens is 1. The quantitative estimate of drug-likeness (QED) is 0.854. The summed E-state index contributed by atoms with van der Waals surface area (Å²) < 4.78 is 5.04. The fourth-order valence-corrected chi connectivity index (χ4v) is 3.14. The van der Waals surface area contributed by atoms with Gasteiger partial charge >= 0.3 is 5.97 Å². The van der Waals surface area contributed by atoms with Crippen LogP contribution in [0, 0.1) is 0 Å². The molecule has 1 aromatic carbocycles. The molecule has 0 amide bonds. The molecule has 1 aromatic heterocycles. The molecule has 0 radical (unpaired) electrons. The Morgan fingerprint density at radius 1 is 1.21 bits per heavy atom. The van der Waals surface area contributed by atoms with Gasteiger partial charge in [0.2, 0.25) is 0 Å². The zero-order valence-corrected chi connectivity index (χ0v) is 14.1. The molecule has 3 rings (SSSR count). The fraction of sp³-hybridized carbons (Fsp3) is 0.500. The summed E-state index contributed by atoms with van der Waals surface area (Å²) in [6, 6.07) is 8.17. The Morgan fingerprint density at radius 3 is 2.75 bits per heavy atom. The monoisotopic (exact) mass is 328 g/mol. The lowest BCUT2D eigenvalue weighted by Crippen LogP contribution is -2.23. The van der Waals surface area contributed by atoms with Crippen molar-refractivity contribution in [3.05, 3.63) is 35.5 Å². The van der Waals surface area contributed by atoms with Crippen LogP contribution >= 0.6 is 0 Å². The smallest absolute Gasteiger partial charge is 0.361 e. The van der Waals surface area contributed by atoms with Gasteiger partial charge in [-0.25, -0.2) is 4.79 Å². The van der Waals surface area contributed by atoms with Gasteiger partial charge in [0.05, 0.1) is 6.61 Å². The van der Waals surface area contributed by atoms with E-state index in [2.05, 4.69) is 32.4 Å². The normalized spacial score (nSPS) is 15.9. The van der Waals surface area contributed by atoms with Crippen molar-refractivity contribution in [2.75, 3.05) is 19.7 Å². The molecule has 1 N–H and O–H groups in total. The second-order valence-corrected chi connectivity index (χ2v) is 6.13. The summed E-state index contributed by atoms with van der Waals surface area (Å²) in [7, 11) is 0. The van der Waals surface area contributed by atoms with E-state index in [4.69, 9.17) is 4.74 Å². The third kappa shape index (κ3) is 4.00. The second kappa shape index (κ2) is 8.06. The highest BCUT2D eigenvalue weighted by Crippen LogP contribution is 2.22. The summed E-state index contributed by atoms with van der Waals surface area (Å²) in [6.45, 7) is 5.34. The van der Waals surface area contributed by atoms with E-state index in [1.807, 2.05) is 12.1 Å². The van der Waals surface area contributed by atoms with Crippen LogP contribution in [0.25, 0.3) is 11.3 Å². The third-order valence-electron chi connectivity index (χ3n) is 4.32. The van der Waals surface area contributed by atoms with Crippen molar-refractivity contribution in [1.29, 1.82) is 0 Å². The molecule has 2 heterocycles. The molecule has 0 bridgehead atoms. The van der Waals surface area contributed by atoms with Gasteiger partial charge in [0.15, 0.2) is 5.69 Å². The topological polar surface area (TPSA) is 71.1 Å². The van der Waals surface area contributed by atoms with Gasteiger partial charge in [0.25, 0.3) is 0 Å². The summed E-state index contributed by atoms with van der Waals surface area (Å²) in [5.41, 5.74) is 2.90. The van der Waals surface area contributed by atoms with Crippen LogP contribution in [0.15, 0.2) is 24.3 Å². The van der Waals surface area contributed by atoms with Crippen molar-refractivity contribution in [3.8, 4) is 11.3 Å². The van der Waals surface area contributed by atoms with E-state index < -0.39 is 5.97 Å². The van der Waals surface area contributed by atoms with Crippen molar-refractivity contribution < 1.29 is 9.53 Å². The van der Waals surface area contributed by atoms with E-state index in [9.17, 15) is 4.79 Å². The number of esters is 1. The molecule has 0 spiro atoms. The summed E-state index contributed by atoms with van der Waals surface area (Å²) in [4.78, 5) is 14.5. The van der Waals surface area contributed by atoms with E-state index in [1.165, 1.54) is 31.2 Å². The molecule has 1 fully saturated rings. The van der Waals surface area contributed by atoms with E-state index in [0.717, 1.165) is 25.2 Å². The number of hydrogen-bond donors (Lipinski definition) is 1. The summed E-state index contributed by atoms with van der Waals surface area (Å²) >= 11 is 0. The lowest BCUT2D eigenvalue weighted by atomic mass is 10.1. The van der Waals surface area contributed by atoms with Crippen molar-refractivity contribution in [1.82, 2.24) is 20.3 Å². The van der Waals surface area contributed by atoms with Crippen molar-refractivity contribution >= 4 is 5.97 Å². The second-order valence-electron chi connectivity index (χ2n) is 6.13. The predicted molar refractivity (Wildman–Crippen MR) is 91.5 cm³/mol. The van der Waals surface area contributed by atoms with Crippen molar-refractivity contribution in [3.63, 3.8) is 0 Å². The number of rotatable bonds is 5. The maximum atomic E-state index is 12.0. The Morgan fingerprint density at radius 2 is 2.00 bits per heavy atom. The molecule has 6 nitrogen and oxygen atoms in total. The Kier molecular flexibility index (Phi) is 5.59. The molecular weight excluding hydrogens is 304 g/mol. The van der Waals surface area contributed by atoms with Crippen LogP contribution in [0.3, 0.4) is 0 Å². The van der Waals surface area contributed by atoms with Gasteiger partial charge in [-0.1, -0.05) is 31.0 Å². The summed E-state index contributed by atoms with van der Waals surface area (Å²) in [5, 5.41) is 10.6. The van der Waals surface area contributed by atoms with Crippen LogP contribution in [0.5, 0.6) is 0 Å². The highest BCUT2D eigenvalue weighted by Gasteiger charge is 2.19. The van der Waals surface area contributed by atoms with Crippen molar-refractivity contribution in [2.24, 2.45) is 0 Å². The van der Waals surface area contributed by atoms with Crippen LogP contribution in [-0.4, -0.2) is 46.0 Å². The molecule has 1 aliphatic heterocycles. The molecular formula is C18H24N4O2. The minimum absolute atomic E-state index is 0.240. The third-order valence-corrected chi connectivity index (χ3v) is 4.32. The Hall–Kier alpha value is -2.21. The predicted octanol–water partition coefficient (Wildman–Crippen LogP) is 3.02. The van der Waals surface area contributed by atoms with Gasteiger partial charge in [0.1, 0.15) is 5.69 Å². The van der Waals surface area contributed by atoms with Gasteiger partial charge in [-0.2, -0.15) is 10.3 Å². The molecule has 1 aliphatic rings. The first-order valence-electron chi connectivity index (χ1n) is 8.67. The van der Waals surface area contributed by atoms with Gasteiger partial charge in [0, 0.05) is 12.1 Å². The zero-order chi connectivity index (χ0) is 16.8. The number of nitrogens with zero attached hydrogens (tertiary/aromatic N) is 3. The number of ether oxygens (including phenoxy) is 1. The molecule has 6 heteroatoms. The van der Waals surface area contributed by atoms with Gasteiger partial charge in [-0.15, -0.1) is 5.10 Å². The fourth-order valence-electron chi connectivity index (χ4n) is 3.14. The maximum absolute atomic E-state index is 12.0. The number of carbonyl (C=O) groups excluding carboxylic acids is 1. The number of hydrogen-bond acceptors (Lipinski definition) is 5. The highest BCUT2D eigenvalue weighted by atomic mass is 16.5. The van der Waals surface area contributed by atoms with Gasteiger partial charge < -0.3 is 4.74 Å². The Balaban J connectivity index is 1.78. The molecule has 0 saturated carbocycles. The number of aromatic amines is 1. The average molecular weight is 328 g/mol. The van der Waals surface area contributed by atoms with Crippen molar-refractivity contribution in [2.45, 2.75) is 39.2 Å². The molecule has 128 valence electrons. The number of nitrogens with one attached hydrogen (secondary N) is 1. The number of likely N-dealkylation sites (tertiary alicyclic amines) is 1. The number of aromatic nitrogens is 3. The lowest BCUT2D eigenvalue weighted by Gasteiger charge is -2.20. The average Bonchev–Trinajstić information content (AvgIpc) is 2.95. The molecule has 1 saturated heterocycles. The first kappa shape index (κ1) is 16.6. The van der Waals surface area contributed by atoms with Crippen LogP contribution < -0.4 is 0 Å². The summed E-state index contributed by atoms with van der Waals surface area (Å²) in [6.07, 6.45) is 5.21. The highest BCUT2D eigenvalue weighted by molar-refractivity contribution is 5.93. The minimum atomic E-state index is -0.445. The van der Waals surface area contributed by atoms with E-state index >= 15 is 0 Å². The van der Waals surface area contributed by atoms with Crippen LogP contribution in [0.1, 0.15) is 48.7 Å². The van der Waals surface area contributed by atoms with Crippen LogP contribution in [0.2, 0.25) is 0 Å². The van der Waals surface area contributed by atoms with Crippen LogP contribution in [-0.2, 0) is 11.3 Å².